The summed E-state index contributed by atoms with van der Waals surface area (Å²) in [4.78, 5) is 4.06. The Bertz CT molecular complexity index is 483. The highest BCUT2D eigenvalue weighted by Gasteiger charge is 2.06. The highest BCUT2D eigenvalue weighted by Crippen LogP contribution is 2.11. The Morgan fingerprint density at radius 1 is 1.50 bits per heavy atom. The van der Waals surface area contributed by atoms with Crippen molar-refractivity contribution >= 4 is 15.9 Å². The predicted octanol–water partition coefficient (Wildman–Crippen LogP) is 1.54. The molecular formula is C10H11BrN4O. The lowest BCUT2D eigenvalue weighted by Crippen LogP contribution is -2.00. The SMILES string of the molecule is CC(O)c1cn(Cc2cncc(Br)c2)nn1. The van der Waals surface area contributed by atoms with Crippen LogP contribution in [0, 0.1) is 0 Å². The Hall–Kier alpha value is -1.27. The van der Waals surface area contributed by atoms with Gasteiger partial charge in [0.05, 0.1) is 18.8 Å². The van der Waals surface area contributed by atoms with Crippen LogP contribution < -0.4 is 0 Å². The van der Waals surface area contributed by atoms with Gasteiger partial charge in [-0.05, 0) is 34.5 Å². The molecule has 2 heterocycles. The van der Waals surface area contributed by atoms with E-state index in [1.54, 1.807) is 30.2 Å². The zero-order valence-electron chi connectivity index (χ0n) is 8.71. The number of halogens is 1. The first-order valence-corrected chi connectivity index (χ1v) is 5.62. The van der Waals surface area contributed by atoms with Crippen molar-refractivity contribution in [3.05, 3.63) is 40.4 Å². The van der Waals surface area contributed by atoms with E-state index in [4.69, 9.17) is 0 Å². The molecule has 5 nitrogen and oxygen atoms in total. The number of hydrogen-bond donors (Lipinski definition) is 1. The van der Waals surface area contributed by atoms with Crippen molar-refractivity contribution < 1.29 is 5.11 Å². The number of aromatic nitrogens is 4. The van der Waals surface area contributed by atoms with E-state index in [0.29, 0.717) is 12.2 Å². The van der Waals surface area contributed by atoms with Crippen LogP contribution in [0.2, 0.25) is 0 Å². The van der Waals surface area contributed by atoms with Gasteiger partial charge in [-0.3, -0.25) is 4.98 Å². The lowest BCUT2D eigenvalue weighted by molar-refractivity contribution is 0.194. The van der Waals surface area contributed by atoms with Crippen LogP contribution in [0.15, 0.2) is 29.1 Å². The molecule has 1 atom stereocenters. The molecule has 2 rings (SSSR count). The molecule has 0 aromatic carbocycles. The second-order valence-corrected chi connectivity index (χ2v) is 4.44. The van der Waals surface area contributed by atoms with Gasteiger partial charge in [0.25, 0.3) is 0 Å². The van der Waals surface area contributed by atoms with E-state index in [-0.39, 0.29) is 0 Å². The second kappa shape index (κ2) is 4.71. The minimum atomic E-state index is -0.589. The summed E-state index contributed by atoms with van der Waals surface area (Å²) in [6.45, 7) is 2.25. The molecule has 0 radical (unpaired) electrons. The summed E-state index contributed by atoms with van der Waals surface area (Å²) >= 11 is 3.36. The maximum atomic E-state index is 9.31. The fourth-order valence-electron chi connectivity index (χ4n) is 1.31. The maximum Gasteiger partial charge on any atom is 0.111 e. The average Bonchev–Trinajstić information content (AvgIpc) is 2.66. The first-order chi connectivity index (χ1) is 7.65. The van der Waals surface area contributed by atoms with E-state index < -0.39 is 6.10 Å². The number of hydrogen-bond acceptors (Lipinski definition) is 4. The maximum absolute atomic E-state index is 9.31. The van der Waals surface area contributed by atoms with Gasteiger partial charge >= 0.3 is 0 Å². The lowest BCUT2D eigenvalue weighted by Gasteiger charge is -2.00. The van der Waals surface area contributed by atoms with Crippen LogP contribution in [-0.2, 0) is 6.54 Å². The van der Waals surface area contributed by atoms with E-state index in [9.17, 15) is 5.11 Å². The first kappa shape index (κ1) is 11.2. The fourth-order valence-corrected chi connectivity index (χ4v) is 1.72. The predicted molar refractivity (Wildman–Crippen MR) is 61.7 cm³/mol. The molecule has 0 aliphatic carbocycles. The van der Waals surface area contributed by atoms with Gasteiger partial charge in [0.2, 0.25) is 0 Å². The van der Waals surface area contributed by atoms with E-state index in [1.165, 1.54) is 0 Å². The molecular weight excluding hydrogens is 272 g/mol. The smallest absolute Gasteiger partial charge is 0.111 e. The van der Waals surface area contributed by atoms with Crippen molar-refractivity contribution in [3.63, 3.8) is 0 Å². The van der Waals surface area contributed by atoms with Crippen LogP contribution in [0.4, 0.5) is 0 Å². The van der Waals surface area contributed by atoms with Crippen LogP contribution in [-0.4, -0.2) is 25.1 Å². The van der Waals surface area contributed by atoms with Crippen molar-refractivity contribution in [1.29, 1.82) is 0 Å². The molecule has 6 heteroatoms. The molecule has 0 bridgehead atoms. The number of pyridine rings is 1. The largest absolute Gasteiger partial charge is 0.387 e. The molecule has 2 aromatic heterocycles. The van der Waals surface area contributed by atoms with Crippen LogP contribution in [0.3, 0.4) is 0 Å². The van der Waals surface area contributed by atoms with E-state index in [0.717, 1.165) is 10.0 Å². The molecule has 16 heavy (non-hydrogen) atoms. The van der Waals surface area contributed by atoms with Crippen molar-refractivity contribution in [1.82, 2.24) is 20.0 Å². The van der Waals surface area contributed by atoms with Crippen LogP contribution >= 0.6 is 15.9 Å². The standard InChI is InChI=1S/C10H11BrN4O/c1-7(16)10-6-15(14-13-10)5-8-2-9(11)4-12-3-8/h2-4,6-7,16H,5H2,1H3. The lowest BCUT2D eigenvalue weighted by atomic mass is 10.3. The third-order valence-corrected chi connectivity index (χ3v) is 2.52. The number of rotatable bonds is 3. The number of aliphatic hydroxyl groups excluding tert-OH is 1. The molecule has 0 saturated heterocycles. The highest BCUT2D eigenvalue weighted by molar-refractivity contribution is 9.10. The van der Waals surface area contributed by atoms with Gasteiger partial charge in [-0.15, -0.1) is 5.10 Å². The molecule has 0 spiro atoms. The molecule has 2 aromatic rings. The van der Waals surface area contributed by atoms with Gasteiger partial charge in [0.15, 0.2) is 0 Å². The van der Waals surface area contributed by atoms with E-state index in [2.05, 4.69) is 31.2 Å². The molecule has 1 unspecified atom stereocenters. The fraction of sp³-hybridized carbons (Fsp3) is 0.300. The van der Waals surface area contributed by atoms with Crippen molar-refractivity contribution in [2.75, 3.05) is 0 Å². The monoisotopic (exact) mass is 282 g/mol. The zero-order chi connectivity index (χ0) is 11.5. The molecule has 0 saturated carbocycles. The van der Waals surface area contributed by atoms with Gasteiger partial charge in [0.1, 0.15) is 5.69 Å². The Kier molecular flexibility index (Phi) is 3.31. The topological polar surface area (TPSA) is 63.8 Å². The molecule has 0 amide bonds. The normalized spacial score (nSPS) is 12.7. The van der Waals surface area contributed by atoms with Crippen molar-refractivity contribution in [2.24, 2.45) is 0 Å². The Morgan fingerprint density at radius 3 is 2.94 bits per heavy atom. The Labute approximate surface area is 101 Å². The van der Waals surface area contributed by atoms with Gasteiger partial charge in [-0.2, -0.15) is 0 Å². The summed E-state index contributed by atoms with van der Waals surface area (Å²) in [6.07, 6.45) is 4.64. The molecule has 84 valence electrons. The van der Waals surface area contributed by atoms with Gasteiger partial charge in [-0.1, -0.05) is 5.21 Å². The van der Waals surface area contributed by atoms with E-state index in [1.807, 2.05) is 6.07 Å². The Morgan fingerprint density at radius 2 is 2.31 bits per heavy atom. The zero-order valence-corrected chi connectivity index (χ0v) is 10.3. The molecule has 0 fully saturated rings. The third-order valence-electron chi connectivity index (χ3n) is 2.09. The van der Waals surface area contributed by atoms with Crippen molar-refractivity contribution in [3.8, 4) is 0 Å². The summed E-state index contributed by atoms with van der Waals surface area (Å²) in [6, 6.07) is 1.97. The minimum Gasteiger partial charge on any atom is -0.387 e. The number of nitrogens with zero attached hydrogens (tertiary/aromatic N) is 4. The van der Waals surface area contributed by atoms with Crippen LogP contribution in [0.25, 0.3) is 0 Å². The van der Waals surface area contributed by atoms with Gasteiger partial charge < -0.3 is 5.11 Å². The second-order valence-electron chi connectivity index (χ2n) is 3.53. The van der Waals surface area contributed by atoms with Gasteiger partial charge in [0, 0.05) is 16.9 Å². The minimum absolute atomic E-state index is 0.572. The third kappa shape index (κ3) is 2.65. The average molecular weight is 283 g/mol. The summed E-state index contributed by atoms with van der Waals surface area (Å²) in [5.41, 5.74) is 1.60. The quantitative estimate of drug-likeness (QED) is 0.928. The number of aliphatic hydroxyl groups is 1. The summed E-state index contributed by atoms with van der Waals surface area (Å²) in [5, 5.41) is 17.1. The summed E-state index contributed by atoms with van der Waals surface area (Å²) in [5.74, 6) is 0. The summed E-state index contributed by atoms with van der Waals surface area (Å²) in [7, 11) is 0. The molecule has 1 N–H and O–H groups in total. The van der Waals surface area contributed by atoms with Crippen LogP contribution in [0.5, 0.6) is 0 Å². The molecule has 0 aliphatic rings. The van der Waals surface area contributed by atoms with Crippen LogP contribution in [0.1, 0.15) is 24.3 Å². The Balaban J connectivity index is 2.14. The first-order valence-electron chi connectivity index (χ1n) is 4.82. The highest BCUT2D eigenvalue weighted by atomic mass is 79.9. The summed E-state index contributed by atoms with van der Waals surface area (Å²) < 4.78 is 2.60. The van der Waals surface area contributed by atoms with Crippen molar-refractivity contribution in [2.45, 2.75) is 19.6 Å². The van der Waals surface area contributed by atoms with E-state index >= 15 is 0 Å². The molecule has 0 aliphatic heterocycles. The van der Waals surface area contributed by atoms with Gasteiger partial charge in [-0.25, -0.2) is 4.68 Å².